The van der Waals surface area contributed by atoms with Crippen LogP contribution in [0.25, 0.3) is 33.2 Å². The molecule has 0 saturated carbocycles. The largest absolute Gasteiger partial charge is 0.508 e. The predicted molar refractivity (Wildman–Crippen MR) is 224 cm³/mol. The van der Waals surface area contributed by atoms with Crippen LogP contribution in [0.2, 0.25) is 0 Å². The highest BCUT2D eigenvalue weighted by Crippen LogP contribution is 2.36. The molecule has 0 spiro atoms. The van der Waals surface area contributed by atoms with Crippen LogP contribution in [0.5, 0.6) is 23.1 Å². The molecule has 0 bridgehead atoms. The number of piperidine rings is 1. The van der Waals surface area contributed by atoms with Gasteiger partial charge in [-0.3, -0.25) is 4.99 Å². The lowest BCUT2D eigenvalue weighted by molar-refractivity contribution is 0.0371. The number of benzene rings is 4. The third kappa shape index (κ3) is 8.79. The fraction of sp³-hybridized carbons (Fsp3) is 0.256. The van der Waals surface area contributed by atoms with Crippen molar-refractivity contribution in [1.82, 2.24) is 29.6 Å². The lowest BCUT2D eigenvalue weighted by atomic mass is 10.0. The second-order valence-electron chi connectivity index (χ2n) is 13.8. The number of likely N-dealkylation sites (tertiary alicyclic amines) is 1. The second-order valence-corrected chi connectivity index (χ2v) is 14.7. The summed E-state index contributed by atoms with van der Waals surface area (Å²) in [5, 5.41) is 27.7. The van der Waals surface area contributed by atoms with Crippen LogP contribution in [0.15, 0.2) is 113 Å². The lowest BCUT2D eigenvalue weighted by Gasteiger charge is -2.32. The number of nitrogens with zero attached hydrogens (tertiary/aromatic N) is 6. The molecule has 13 nitrogen and oxygen atoms in total. The summed E-state index contributed by atoms with van der Waals surface area (Å²) in [7, 11) is 0. The Hall–Kier alpha value is -5.80. The number of hydrogen-bond acceptors (Lipinski definition) is 11. The van der Waals surface area contributed by atoms with Crippen LogP contribution >= 0.6 is 15.9 Å². The molecule has 4 aromatic carbocycles. The van der Waals surface area contributed by atoms with Gasteiger partial charge in [-0.25, -0.2) is 14.6 Å². The first-order valence-electron chi connectivity index (χ1n) is 19.0. The number of rotatable bonds is 15. The van der Waals surface area contributed by atoms with E-state index in [0.29, 0.717) is 55.6 Å². The van der Waals surface area contributed by atoms with Gasteiger partial charge in [-0.15, -0.1) is 0 Å². The number of fused-ring (bicyclic) bond motifs is 2. The first-order valence-corrected chi connectivity index (χ1v) is 19.7. The number of aromatic nitrogens is 5. The van der Waals surface area contributed by atoms with Crippen LogP contribution in [-0.2, 0) is 9.47 Å². The first-order chi connectivity index (χ1) is 27.9. The van der Waals surface area contributed by atoms with Gasteiger partial charge < -0.3 is 40.0 Å². The molecule has 1 fully saturated rings. The van der Waals surface area contributed by atoms with Crippen LogP contribution in [0.1, 0.15) is 30.0 Å². The molecule has 292 valence electrons. The van der Waals surface area contributed by atoms with Gasteiger partial charge in [0.05, 0.1) is 55.7 Å². The standard InChI is InChI=1S/C43H43BrN8O5/c44-30-11-14-36-35(26-30)37(43(54)49-36)39(29-5-4-6-32(53)25-29)46-17-21-55-23-24-56-22-20-51-18-15-31(16-19-51)52-42-38(41(45)47-27-48-42)40(50-52)28-9-12-34(13-10-28)57-33-7-2-1-3-8-33/h1-14,25-27,31,49,53-54H,15-24H2,(H2,45,47,48). The number of H-pyrrole nitrogens is 1. The number of halogens is 1. The second kappa shape index (κ2) is 17.6. The average Bonchev–Trinajstić information content (AvgIpc) is 3.77. The number of para-hydroxylation sites is 1. The molecule has 3 aromatic heterocycles. The number of anilines is 1. The van der Waals surface area contributed by atoms with E-state index >= 15 is 0 Å². The Balaban J connectivity index is 0.805. The minimum absolute atomic E-state index is 0.0142. The summed E-state index contributed by atoms with van der Waals surface area (Å²) in [5.41, 5.74) is 11.4. The number of nitrogens with one attached hydrogen (secondary N) is 1. The zero-order chi connectivity index (χ0) is 39.1. The maximum absolute atomic E-state index is 10.9. The molecule has 0 amide bonds. The Labute approximate surface area is 337 Å². The molecular weight excluding hydrogens is 788 g/mol. The van der Waals surface area contributed by atoms with Gasteiger partial charge in [0, 0.05) is 46.1 Å². The molecule has 1 aliphatic heterocycles. The van der Waals surface area contributed by atoms with Crippen molar-refractivity contribution in [2.24, 2.45) is 4.99 Å². The normalized spacial score (nSPS) is 14.2. The van der Waals surface area contributed by atoms with Gasteiger partial charge in [-0.2, -0.15) is 5.10 Å². The summed E-state index contributed by atoms with van der Waals surface area (Å²) in [6.07, 6.45) is 3.35. The SMILES string of the molecule is Nc1ncnc2c1c(-c1ccc(Oc3ccccc3)cc1)nn2C1CCN(CCOCCOCCN=C(c2cccc(O)c2)c2c(O)[nH]c3ccc(Br)cc23)CC1. The van der Waals surface area contributed by atoms with E-state index in [-0.39, 0.29) is 17.7 Å². The third-order valence-electron chi connectivity index (χ3n) is 10.1. The monoisotopic (exact) mass is 830 g/mol. The van der Waals surface area contributed by atoms with E-state index in [1.165, 1.54) is 6.33 Å². The van der Waals surface area contributed by atoms with E-state index in [4.69, 9.17) is 30.0 Å². The highest BCUT2D eigenvalue weighted by molar-refractivity contribution is 9.10. The van der Waals surface area contributed by atoms with Crippen molar-refractivity contribution in [2.45, 2.75) is 18.9 Å². The number of nitrogen functional groups attached to an aromatic ring is 1. The highest BCUT2D eigenvalue weighted by Gasteiger charge is 2.26. The lowest BCUT2D eigenvalue weighted by Crippen LogP contribution is -2.37. The van der Waals surface area contributed by atoms with E-state index in [1.807, 2.05) is 83.5 Å². The molecule has 1 saturated heterocycles. The van der Waals surface area contributed by atoms with Crippen molar-refractivity contribution < 1.29 is 24.4 Å². The van der Waals surface area contributed by atoms with E-state index in [0.717, 1.165) is 81.6 Å². The number of aromatic hydroxyl groups is 2. The summed E-state index contributed by atoms with van der Waals surface area (Å²) in [6, 6.07) is 30.3. The molecule has 8 rings (SSSR count). The quantitative estimate of drug-likeness (QED) is 0.0593. The van der Waals surface area contributed by atoms with Crippen molar-refractivity contribution in [3.63, 3.8) is 0 Å². The van der Waals surface area contributed by atoms with Gasteiger partial charge in [0.25, 0.3) is 0 Å². The number of aromatic amines is 1. The van der Waals surface area contributed by atoms with Crippen LogP contribution < -0.4 is 10.5 Å². The summed E-state index contributed by atoms with van der Waals surface area (Å²) in [4.78, 5) is 19.2. The molecule has 4 heterocycles. The molecular formula is C43H43BrN8O5. The Morgan fingerprint density at radius 2 is 1.63 bits per heavy atom. The first kappa shape index (κ1) is 38.1. The van der Waals surface area contributed by atoms with Crippen molar-refractivity contribution >= 4 is 49.4 Å². The van der Waals surface area contributed by atoms with Gasteiger partial charge in [-0.1, -0.05) is 46.3 Å². The van der Waals surface area contributed by atoms with Crippen LogP contribution in [0.3, 0.4) is 0 Å². The number of hydrogen-bond donors (Lipinski definition) is 4. The molecule has 7 aromatic rings. The van der Waals surface area contributed by atoms with Gasteiger partial charge in [0.1, 0.15) is 35.1 Å². The van der Waals surface area contributed by atoms with Crippen LogP contribution in [-0.4, -0.2) is 98.2 Å². The number of aliphatic imine (C=N–C) groups is 1. The molecule has 0 aliphatic carbocycles. The predicted octanol–water partition coefficient (Wildman–Crippen LogP) is 7.73. The van der Waals surface area contributed by atoms with Crippen molar-refractivity contribution in [3.05, 3.63) is 119 Å². The van der Waals surface area contributed by atoms with E-state index in [1.54, 1.807) is 18.2 Å². The van der Waals surface area contributed by atoms with Gasteiger partial charge >= 0.3 is 0 Å². The maximum Gasteiger partial charge on any atom is 0.199 e. The summed E-state index contributed by atoms with van der Waals surface area (Å²) >= 11 is 3.53. The van der Waals surface area contributed by atoms with Gasteiger partial charge in [0.15, 0.2) is 11.5 Å². The van der Waals surface area contributed by atoms with Gasteiger partial charge in [-0.05, 0) is 79.6 Å². The molecule has 14 heteroatoms. The van der Waals surface area contributed by atoms with E-state index < -0.39 is 0 Å². The maximum atomic E-state index is 10.9. The van der Waals surface area contributed by atoms with Crippen molar-refractivity contribution in [1.29, 1.82) is 0 Å². The van der Waals surface area contributed by atoms with Crippen molar-refractivity contribution in [3.8, 4) is 34.4 Å². The van der Waals surface area contributed by atoms with Crippen LogP contribution in [0.4, 0.5) is 5.82 Å². The Morgan fingerprint density at radius 1 is 0.860 bits per heavy atom. The average molecular weight is 832 g/mol. The van der Waals surface area contributed by atoms with E-state index in [9.17, 15) is 10.2 Å². The Morgan fingerprint density at radius 3 is 2.42 bits per heavy atom. The molecule has 57 heavy (non-hydrogen) atoms. The van der Waals surface area contributed by atoms with Crippen LogP contribution in [0, 0.1) is 0 Å². The number of ether oxygens (including phenoxy) is 3. The molecule has 5 N–H and O–H groups in total. The minimum Gasteiger partial charge on any atom is -0.508 e. The summed E-state index contributed by atoms with van der Waals surface area (Å²) in [5.74, 6) is 2.06. The summed E-state index contributed by atoms with van der Waals surface area (Å²) in [6.45, 7) is 4.90. The Kier molecular flexibility index (Phi) is 11.7. The fourth-order valence-corrected chi connectivity index (χ4v) is 7.60. The Bertz CT molecular complexity index is 2480. The molecule has 0 atom stereocenters. The molecule has 0 unspecified atom stereocenters. The third-order valence-corrected chi connectivity index (χ3v) is 10.5. The zero-order valence-electron chi connectivity index (χ0n) is 31.2. The minimum atomic E-state index is 0.0142. The zero-order valence-corrected chi connectivity index (χ0v) is 32.8. The van der Waals surface area contributed by atoms with Gasteiger partial charge in [0.2, 0.25) is 0 Å². The summed E-state index contributed by atoms with van der Waals surface area (Å²) < 4.78 is 20.7. The topological polar surface area (TPSA) is 169 Å². The fourth-order valence-electron chi connectivity index (χ4n) is 7.24. The van der Waals surface area contributed by atoms with Crippen molar-refractivity contribution in [2.75, 3.05) is 58.3 Å². The number of phenolic OH excluding ortho intramolecular Hbond substituents is 1. The highest BCUT2D eigenvalue weighted by atomic mass is 79.9. The molecule has 0 radical (unpaired) electrons. The number of phenols is 1. The smallest absolute Gasteiger partial charge is 0.199 e. The number of nitrogens with two attached hydrogens (primary N) is 1. The van der Waals surface area contributed by atoms with E-state index in [2.05, 4.69) is 35.8 Å². The molecule has 1 aliphatic rings.